The van der Waals surface area contributed by atoms with Gasteiger partial charge in [-0.15, -0.1) is 0 Å². The normalized spacial score (nSPS) is 12.3. The SMILES string of the molecule is C[Si](C)(C)OC(=O)c1cnc2ccccc2c1O[Si](C)(C)C. The summed E-state index contributed by atoms with van der Waals surface area (Å²) >= 11 is 0. The molecule has 0 saturated heterocycles. The predicted molar refractivity (Wildman–Crippen MR) is 94.5 cm³/mol. The van der Waals surface area contributed by atoms with Crippen molar-refractivity contribution < 1.29 is 13.6 Å². The number of rotatable bonds is 4. The molecule has 118 valence electrons. The minimum Gasteiger partial charge on any atom is -0.543 e. The van der Waals surface area contributed by atoms with Crippen molar-refractivity contribution in [2.24, 2.45) is 0 Å². The van der Waals surface area contributed by atoms with Gasteiger partial charge in [0.1, 0.15) is 11.3 Å². The molecule has 0 fully saturated rings. The molecule has 2 rings (SSSR count). The van der Waals surface area contributed by atoms with Crippen molar-refractivity contribution in [1.29, 1.82) is 0 Å². The fraction of sp³-hybridized carbons (Fsp3) is 0.375. The zero-order valence-electron chi connectivity index (χ0n) is 14.1. The number of carbonyl (C=O) groups is 1. The van der Waals surface area contributed by atoms with Gasteiger partial charge in [-0.05, 0) is 51.4 Å². The van der Waals surface area contributed by atoms with Gasteiger partial charge in [0.25, 0.3) is 0 Å². The van der Waals surface area contributed by atoms with Crippen LogP contribution in [-0.4, -0.2) is 27.6 Å². The maximum Gasteiger partial charge on any atom is 0.330 e. The third-order valence-corrected chi connectivity index (χ3v) is 4.37. The summed E-state index contributed by atoms with van der Waals surface area (Å²) in [6.45, 7) is 12.2. The van der Waals surface area contributed by atoms with Gasteiger partial charge in [-0.3, -0.25) is 4.98 Å². The Morgan fingerprint density at radius 3 is 2.23 bits per heavy atom. The minimum absolute atomic E-state index is 0.342. The van der Waals surface area contributed by atoms with E-state index in [1.54, 1.807) is 6.20 Å². The first-order valence-corrected chi connectivity index (χ1v) is 14.2. The standard InChI is InChI=1S/C16H23NO3Si2/c1-21(2,3)19-15-12-9-7-8-10-14(12)17-11-13(15)16(18)20-22(4,5)6/h7-11H,1-6H3. The molecule has 1 heterocycles. The van der Waals surface area contributed by atoms with Gasteiger partial charge in [-0.2, -0.15) is 0 Å². The summed E-state index contributed by atoms with van der Waals surface area (Å²) in [5.41, 5.74) is 1.24. The Morgan fingerprint density at radius 2 is 1.64 bits per heavy atom. The lowest BCUT2D eigenvalue weighted by atomic mass is 10.1. The second kappa shape index (κ2) is 5.85. The summed E-state index contributed by atoms with van der Waals surface area (Å²) in [7, 11) is -3.85. The van der Waals surface area contributed by atoms with Crippen LogP contribution >= 0.6 is 0 Å². The first-order valence-electron chi connectivity index (χ1n) is 7.37. The Labute approximate surface area is 133 Å². The maximum absolute atomic E-state index is 12.5. The third kappa shape index (κ3) is 4.17. The van der Waals surface area contributed by atoms with E-state index >= 15 is 0 Å². The van der Waals surface area contributed by atoms with Crippen LogP contribution in [0.25, 0.3) is 10.9 Å². The van der Waals surface area contributed by atoms with Gasteiger partial charge in [0.2, 0.25) is 16.6 Å². The van der Waals surface area contributed by atoms with Crippen LogP contribution in [0.15, 0.2) is 30.5 Å². The second-order valence-corrected chi connectivity index (χ2v) is 16.1. The Kier molecular flexibility index (Phi) is 4.44. The summed E-state index contributed by atoms with van der Waals surface area (Å²) in [6.07, 6.45) is 1.57. The molecule has 1 aromatic carbocycles. The molecule has 2 aromatic rings. The van der Waals surface area contributed by atoms with E-state index in [-0.39, 0.29) is 5.97 Å². The topological polar surface area (TPSA) is 48.4 Å². The second-order valence-electron chi connectivity index (χ2n) is 7.23. The van der Waals surface area contributed by atoms with E-state index in [0.717, 1.165) is 10.9 Å². The first kappa shape index (κ1) is 16.7. The maximum atomic E-state index is 12.5. The van der Waals surface area contributed by atoms with Crippen molar-refractivity contribution in [2.75, 3.05) is 0 Å². The Hall–Kier alpha value is -1.67. The molecule has 0 unspecified atom stereocenters. The Balaban J connectivity index is 2.58. The average molecular weight is 334 g/mol. The van der Waals surface area contributed by atoms with Crippen molar-refractivity contribution in [3.8, 4) is 5.75 Å². The zero-order chi connectivity index (χ0) is 16.5. The molecule has 0 atom stereocenters. The van der Waals surface area contributed by atoms with E-state index in [1.807, 2.05) is 43.9 Å². The lowest BCUT2D eigenvalue weighted by molar-refractivity contribution is 0.0722. The minimum atomic E-state index is -1.97. The highest BCUT2D eigenvalue weighted by atomic mass is 28.4. The number of aromatic nitrogens is 1. The van der Waals surface area contributed by atoms with Crippen LogP contribution in [0.5, 0.6) is 5.75 Å². The smallest absolute Gasteiger partial charge is 0.330 e. The molecule has 22 heavy (non-hydrogen) atoms. The largest absolute Gasteiger partial charge is 0.543 e. The highest BCUT2D eigenvalue weighted by molar-refractivity contribution is 6.71. The van der Waals surface area contributed by atoms with Crippen LogP contribution in [0.1, 0.15) is 10.4 Å². The van der Waals surface area contributed by atoms with Crippen LogP contribution in [0.2, 0.25) is 39.3 Å². The molecule has 4 nitrogen and oxygen atoms in total. The molecule has 0 aliphatic carbocycles. The van der Waals surface area contributed by atoms with Gasteiger partial charge in [0.15, 0.2) is 0 Å². The fourth-order valence-corrected chi connectivity index (χ4v) is 3.51. The molecular weight excluding hydrogens is 310 g/mol. The molecule has 0 aliphatic heterocycles. The van der Waals surface area contributed by atoms with Crippen molar-refractivity contribution >= 4 is 33.5 Å². The summed E-state index contributed by atoms with van der Waals surface area (Å²) in [5, 5.41) is 0.856. The van der Waals surface area contributed by atoms with E-state index < -0.39 is 16.6 Å². The van der Waals surface area contributed by atoms with Gasteiger partial charge in [0, 0.05) is 11.6 Å². The molecule has 1 aromatic heterocycles. The molecule has 0 saturated carbocycles. The average Bonchev–Trinajstić information content (AvgIpc) is 2.35. The number of fused-ring (bicyclic) bond motifs is 1. The molecule has 0 amide bonds. The zero-order valence-corrected chi connectivity index (χ0v) is 16.1. The van der Waals surface area contributed by atoms with Gasteiger partial charge in [-0.1, -0.05) is 12.1 Å². The monoisotopic (exact) mass is 333 g/mol. The van der Waals surface area contributed by atoms with Crippen molar-refractivity contribution in [2.45, 2.75) is 39.3 Å². The quantitative estimate of drug-likeness (QED) is 0.776. The first-order chi connectivity index (χ1) is 10.1. The lowest BCUT2D eigenvalue weighted by Gasteiger charge is -2.24. The highest BCUT2D eigenvalue weighted by Gasteiger charge is 2.27. The molecule has 0 aliphatic rings. The van der Waals surface area contributed by atoms with E-state index in [4.69, 9.17) is 8.85 Å². The van der Waals surface area contributed by atoms with Crippen LogP contribution in [0.4, 0.5) is 0 Å². The van der Waals surface area contributed by atoms with E-state index in [2.05, 4.69) is 24.6 Å². The summed E-state index contributed by atoms with van der Waals surface area (Å²) in [6, 6.07) is 7.70. The molecule has 0 spiro atoms. The van der Waals surface area contributed by atoms with Crippen LogP contribution in [0.3, 0.4) is 0 Å². The number of carbonyl (C=O) groups excluding carboxylic acids is 1. The van der Waals surface area contributed by atoms with Gasteiger partial charge in [-0.25, -0.2) is 4.79 Å². The van der Waals surface area contributed by atoms with Gasteiger partial charge < -0.3 is 8.85 Å². The van der Waals surface area contributed by atoms with Crippen molar-refractivity contribution in [1.82, 2.24) is 4.98 Å². The molecular formula is C16H23NO3Si2. The fourth-order valence-electron chi connectivity index (χ4n) is 2.01. The summed E-state index contributed by atoms with van der Waals surface area (Å²) < 4.78 is 11.8. The summed E-state index contributed by atoms with van der Waals surface area (Å²) in [5.74, 6) is 0.263. The van der Waals surface area contributed by atoms with Gasteiger partial charge in [0.05, 0.1) is 5.52 Å². The van der Waals surface area contributed by atoms with Crippen LogP contribution < -0.4 is 4.43 Å². The highest BCUT2D eigenvalue weighted by Crippen LogP contribution is 2.31. The van der Waals surface area contributed by atoms with E-state index in [1.165, 1.54) is 0 Å². The van der Waals surface area contributed by atoms with Crippen molar-refractivity contribution in [3.63, 3.8) is 0 Å². The Morgan fingerprint density at radius 1 is 1.00 bits per heavy atom. The van der Waals surface area contributed by atoms with E-state index in [9.17, 15) is 4.79 Å². The van der Waals surface area contributed by atoms with Crippen LogP contribution in [0, 0.1) is 0 Å². The lowest BCUT2D eigenvalue weighted by Crippen LogP contribution is -2.32. The van der Waals surface area contributed by atoms with Gasteiger partial charge >= 0.3 is 5.97 Å². The molecule has 0 bridgehead atoms. The number of hydrogen-bond donors (Lipinski definition) is 0. The number of benzene rings is 1. The third-order valence-electron chi connectivity index (χ3n) is 2.75. The van der Waals surface area contributed by atoms with E-state index in [0.29, 0.717) is 11.3 Å². The number of hydrogen-bond acceptors (Lipinski definition) is 4. The summed E-state index contributed by atoms with van der Waals surface area (Å²) in [4.78, 5) is 16.9. The van der Waals surface area contributed by atoms with Crippen LogP contribution in [-0.2, 0) is 4.43 Å². The molecule has 0 N–H and O–H groups in total. The number of para-hydroxylation sites is 1. The number of pyridine rings is 1. The number of nitrogens with zero attached hydrogens (tertiary/aromatic N) is 1. The van der Waals surface area contributed by atoms with Crippen molar-refractivity contribution in [3.05, 3.63) is 36.0 Å². The molecule has 0 radical (unpaired) electrons. The Bertz CT molecular complexity index is 703. The predicted octanol–water partition coefficient (Wildman–Crippen LogP) is 4.44. The molecule has 6 heteroatoms.